The molecule has 0 spiro atoms. The van der Waals surface area contributed by atoms with Crippen LogP contribution in [0.1, 0.15) is 32.6 Å². The van der Waals surface area contributed by atoms with E-state index in [1.165, 1.54) is 25.7 Å². The molecule has 0 bridgehead atoms. The van der Waals surface area contributed by atoms with Crippen LogP contribution in [0.4, 0.5) is 0 Å². The maximum Gasteiger partial charge on any atom is 0.0488 e. The Hall–Kier alpha value is -0.0800. The molecule has 12 heavy (non-hydrogen) atoms. The Labute approximate surface area is 75.6 Å². The zero-order chi connectivity index (χ0) is 9.03. The van der Waals surface area contributed by atoms with Crippen LogP contribution >= 0.6 is 0 Å². The van der Waals surface area contributed by atoms with Gasteiger partial charge in [-0.15, -0.1) is 0 Å². The maximum absolute atomic E-state index is 9.34. The Balaban J connectivity index is 2.45. The van der Waals surface area contributed by atoms with Gasteiger partial charge in [0, 0.05) is 6.61 Å². The normalized spacial score (nSPS) is 24.2. The van der Waals surface area contributed by atoms with E-state index in [1.54, 1.807) is 0 Å². The predicted octanol–water partition coefficient (Wildman–Crippen LogP) is 1.49. The van der Waals surface area contributed by atoms with E-state index in [0.717, 1.165) is 13.1 Å². The van der Waals surface area contributed by atoms with Crippen molar-refractivity contribution in [2.75, 3.05) is 26.7 Å². The second-order valence-electron chi connectivity index (χ2n) is 4.21. The van der Waals surface area contributed by atoms with Crippen LogP contribution in [0.25, 0.3) is 0 Å². The molecule has 72 valence electrons. The summed E-state index contributed by atoms with van der Waals surface area (Å²) >= 11 is 0. The summed E-state index contributed by atoms with van der Waals surface area (Å²) in [4.78, 5) is 2.35. The predicted molar refractivity (Wildman–Crippen MR) is 51.2 cm³/mol. The zero-order valence-corrected chi connectivity index (χ0v) is 8.34. The molecule has 0 amide bonds. The van der Waals surface area contributed by atoms with Crippen LogP contribution in [0.2, 0.25) is 0 Å². The van der Waals surface area contributed by atoms with E-state index in [2.05, 4.69) is 18.9 Å². The molecular weight excluding hydrogens is 150 g/mol. The number of hydrogen-bond acceptors (Lipinski definition) is 2. The summed E-state index contributed by atoms with van der Waals surface area (Å²) in [7, 11) is 2.16. The number of nitrogens with zero attached hydrogens (tertiary/aromatic N) is 1. The second kappa shape index (κ2) is 4.24. The lowest BCUT2D eigenvalue weighted by molar-refractivity contribution is 0.0451. The first-order valence-corrected chi connectivity index (χ1v) is 5.02. The van der Waals surface area contributed by atoms with Crippen molar-refractivity contribution in [2.45, 2.75) is 32.6 Å². The molecule has 0 aliphatic carbocycles. The van der Waals surface area contributed by atoms with Gasteiger partial charge in [-0.05, 0) is 44.8 Å². The summed E-state index contributed by atoms with van der Waals surface area (Å²) < 4.78 is 0. The fourth-order valence-corrected chi connectivity index (χ4v) is 2.11. The average Bonchev–Trinajstić information content (AvgIpc) is 2.10. The standard InChI is InChI=1S/C10H21NO/c1-3-4-10(9-12)5-7-11(2)8-6-10/h12H,3-9H2,1-2H3. The Morgan fingerprint density at radius 3 is 2.33 bits per heavy atom. The number of rotatable bonds is 3. The van der Waals surface area contributed by atoms with Crippen LogP contribution in [0.5, 0.6) is 0 Å². The first-order chi connectivity index (χ1) is 5.72. The molecule has 1 fully saturated rings. The zero-order valence-electron chi connectivity index (χ0n) is 8.34. The molecular formula is C10H21NO. The van der Waals surface area contributed by atoms with Crippen molar-refractivity contribution in [3.05, 3.63) is 0 Å². The van der Waals surface area contributed by atoms with Crippen molar-refractivity contribution in [1.82, 2.24) is 4.90 Å². The van der Waals surface area contributed by atoms with E-state index < -0.39 is 0 Å². The van der Waals surface area contributed by atoms with Crippen LogP contribution in [-0.2, 0) is 0 Å². The van der Waals surface area contributed by atoms with Crippen molar-refractivity contribution >= 4 is 0 Å². The smallest absolute Gasteiger partial charge is 0.0488 e. The minimum atomic E-state index is 0.265. The number of piperidine rings is 1. The molecule has 0 aromatic rings. The lowest BCUT2D eigenvalue weighted by Crippen LogP contribution is -2.40. The maximum atomic E-state index is 9.34. The molecule has 2 nitrogen and oxygen atoms in total. The van der Waals surface area contributed by atoms with E-state index in [-0.39, 0.29) is 5.41 Å². The lowest BCUT2D eigenvalue weighted by Gasteiger charge is -2.39. The molecule has 0 unspecified atom stereocenters. The van der Waals surface area contributed by atoms with Gasteiger partial charge in [-0.1, -0.05) is 13.3 Å². The molecule has 1 aliphatic rings. The SMILES string of the molecule is CCCC1(CO)CCN(C)CC1. The largest absolute Gasteiger partial charge is 0.396 e. The summed E-state index contributed by atoms with van der Waals surface area (Å²) in [5.74, 6) is 0. The summed E-state index contributed by atoms with van der Waals surface area (Å²) in [5.41, 5.74) is 0.265. The molecule has 0 aromatic heterocycles. The van der Waals surface area contributed by atoms with Crippen LogP contribution in [0, 0.1) is 5.41 Å². The monoisotopic (exact) mass is 171 g/mol. The highest BCUT2D eigenvalue weighted by Gasteiger charge is 2.31. The van der Waals surface area contributed by atoms with Gasteiger partial charge in [0.15, 0.2) is 0 Å². The van der Waals surface area contributed by atoms with Crippen molar-refractivity contribution < 1.29 is 5.11 Å². The van der Waals surface area contributed by atoms with Gasteiger partial charge in [-0.2, -0.15) is 0 Å². The fourth-order valence-electron chi connectivity index (χ4n) is 2.11. The Kier molecular flexibility index (Phi) is 3.53. The lowest BCUT2D eigenvalue weighted by atomic mass is 9.76. The van der Waals surface area contributed by atoms with Crippen molar-refractivity contribution in [3.63, 3.8) is 0 Å². The third-order valence-corrected chi connectivity index (χ3v) is 3.16. The Bertz CT molecular complexity index is 128. The van der Waals surface area contributed by atoms with E-state index in [9.17, 15) is 5.11 Å². The average molecular weight is 171 g/mol. The molecule has 2 heteroatoms. The topological polar surface area (TPSA) is 23.5 Å². The van der Waals surface area contributed by atoms with Gasteiger partial charge >= 0.3 is 0 Å². The van der Waals surface area contributed by atoms with Gasteiger partial charge in [0.05, 0.1) is 0 Å². The third kappa shape index (κ3) is 2.20. The van der Waals surface area contributed by atoms with Crippen molar-refractivity contribution in [3.8, 4) is 0 Å². The van der Waals surface area contributed by atoms with Crippen LogP contribution in [0.3, 0.4) is 0 Å². The number of likely N-dealkylation sites (tertiary alicyclic amines) is 1. The van der Waals surface area contributed by atoms with Crippen LogP contribution in [0.15, 0.2) is 0 Å². The number of hydrogen-bond donors (Lipinski definition) is 1. The minimum absolute atomic E-state index is 0.265. The van der Waals surface area contributed by atoms with Crippen molar-refractivity contribution in [2.24, 2.45) is 5.41 Å². The molecule has 0 saturated carbocycles. The first-order valence-electron chi connectivity index (χ1n) is 5.02. The highest BCUT2D eigenvalue weighted by molar-refractivity contribution is 4.84. The molecule has 1 heterocycles. The molecule has 0 atom stereocenters. The minimum Gasteiger partial charge on any atom is -0.396 e. The van der Waals surface area contributed by atoms with Gasteiger partial charge in [0.25, 0.3) is 0 Å². The van der Waals surface area contributed by atoms with Crippen molar-refractivity contribution in [1.29, 1.82) is 0 Å². The second-order valence-corrected chi connectivity index (χ2v) is 4.21. The quantitative estimate of drug-likeness (QED) is 0.695. The van der Waals surface area contributed by atoms with E-state index in [4.69, 9.17) is 0 Å². The van der Waals surface area contributed by atoms with E-state index in [0.29, 0.717) is 6.61 Å². The van der Waals surface area contributed by atoms with Crippen LogP contribution < -0.4 is 0 Å². The molecule has 1 N–H and O–H groups in total. The fraction of sp³-hybridized carbons (Fsp3) is 1.00. The highest BCUT2D eigenvalue weighted by Crippen LogP contribution is 2.34. The highest BCUT2D eigenvalue weighted by atomic mass is 16.3. The first kappa shape index (κ1) is 10.0. The summed E-state index contributed by atoms with van der Waals surface area (Å²) in [5, 5.41) is 9.34. The Morgan fingerprint density at radius 1 is 1.33 bits per heavy atom. The molecule has 0 radical (unpaired) electrons. The van der Waals surface area contributed by atoms with Gasteiger partial charge in [0.1, 0.15) is 0 Å². The van der Waals surface area contributed by atoms with E-state index in [1.807, 2.05) is 0 Å². The van der Waals surface area contributed by atoms with E-state index >= 15 is 0 Å². The summed E-state index contributed by atoms with van der Waals surface area (Å²) in [6.45, 7) is 4.89. The summed E-state index contributed by atoms with van der Waals surface area (Å²) in [6.07, 6.45) is 4.74. The molecule has 1 aliphatic heterocycles. The molecule has 0 aromatic carbocycles. The number of aliphatic hydroxyl groups excluding tert-OH is 1. The Morgan fingerprint density at radius 2 is 1.92 bits per heavy atom. The summed E-state index contributed by atoms with van der Waals surface area (Å²) in [6, 6.07) is 0. The van der Waals surface area contributed by atoms with Crippen LogP contribution in [-0.4, -0.2) is 36.8 Å². The van der Waals surface area contributed by atoms with Gasteiger partial charge in [-0.25, -0.2) is 0 Å². The number of aliphatic hydroxyl groups is 1. The third-order valence-electron chi connectivity index (χ3n) is 3.16. The molecule has 1 saturated heterocycles. The van der Waals surface area contributed by atoms with Gasteiger partial charge < -0.3 is 10.0 Å². The van der Waals surface area contributed by atoms with Gasteiger partial charge in [0.2, 0.25) is 0 Å². The van der Waals surface area contributed by atoms with Gasteiger partial charge in [-0.3, -0.25) is 0 Å². The molecule has 1 rings (SSSR count).